The Labute approximate surface area is 335 Å². The third-order valence-electron chi connectivity index (χ3n) is 11.7. The standard InChI is InChI=1S/C45H51N5O6Si/c1-44(2,3)57(6,7)56-40-37(50-29-48-38-41(46-28-47-42(38)50)49-43(52)30-14-10-8-11-15-30)26-31(39(40)51)27-55-45(32-16-12-9-13-17-32,33-18-22-35(53-4)23-19-33)34-20-24-36(54-5)25-21-34/h8-25,28-29,31,37,39-40,51H,26-27H2,1-7H3,(H,46,47,49,52)/t31-,37-,39-,40+/m1/s1. The number of fused-ring (bicyclic) bond motifs is 1. The van der Waals surface area contributed by atoms with Crippen LogP contribution in [0.1, 0.15) is 60.3 Å². The summed E-state index contributed by atoms with van der Waals surface area (Å²) in [6.45, 7) is 11.2. The Morgan fingerprint density at radius 3 is 1.93 bits per heavy atom. The maximum absolute atomic E-state index is 13.2. The van der Waals surface area contributed by atoms with E-state index in [-0.39, 0.29) is 29.5 Å². The van der Waals surface area contributed by atoms with E-state index in [1.807, 2.05) is 89.5 Å². The fourth-order valence-corrected chi connectivity index (χ4v) is 8.78. The average Bonchev–Trinajstić information content (AvgIpc) is 3.79. The second-order valence-electron chi connectivity index (χ2n) is 16.1. The van der Waals surface area contributed by atoms with Crippen molar-refractivity contribution in [1.29, 1.82) is 0 Å². The first-order chi connectivity index (χ1) is 27.4. The summed E-state index contributed by atoms with van der Waals surface area (Å²) in [6.07, 6.45) is 2.17. The van der Waals surface area contributed by atoms with E-state index >= 15 is 0 Å². The lowest BCUT2D eigenvalue weighted by Gasteiger charge is -2.41. The summed E-state index contributed by atoms with van der Waals surface area (Å²) in [4.78, 5) is 26.9. The van der Waals surface area contributed by atoms with Gasteiger partial charge in [0.05, 0.1) is 45.4 Å². The molecule has 4 atom stereocenters. The van der Waals surface area contributed by atoms with Gasteiger partial charge >= 0.3 is 0 Å². The van der Waals surface area contributed by atoms with Crippen LogP contribution in [0.3, 0.4) is 0 Å². The van der Waals surface area contributed by atoms with Gasteiger partial charge in [-0.2, -0.15) is 0 Å². The zero-order valence-corrected chi connectivity index (χ0v) is 34.5. The molecular weight excluding hydrogens is 735 g/mol. The van der Waals surface area contributed by atoms with E-state index in [2.05, 4.69) is 61.3 Å². The fraction of sp³-hybridized carbons (Fsp3) is 0.333. The van der Waals surface area contributed by atoms with Crippen LogP contribution in [0.2, 0.25) is 18.1 Å². The highest BCUT2D eigenvalue weighted by molar-refractivity contribution is 6.74. The van der Waals surface area contributed by atoms with Crippen LogP contribution in [-0.4, -0.2) is 71.9 Å². The van der Waals surface area contributed by atoms with E-state index < -0.39 is 26.1 Å². The normalized spacial score (nSPS) is 18.7. The average molecular weight is 786 g/mol. The molecule has 1 amide bonds. The molecule has 0 spiro atoms. The molecule has 1 fully saturated rings. The number of methoxy groups -OCH3 is 2. The molecule has 2 N–H and O–H groups in total. The molecule has 57 heavy (non-hydrogen) atoms. The van der Waals surface area contributed by atoms with E-state index in [1.165, 1.54) is 6.33 Å². The van der Waals surface area contributed by atoms with Crippen LogP contribution >= 0.6 is 0 Å². The molecule has 1 saturated carbocycles. The molecule has 0 bridgehead atoms. The minimum atomic E-state index is -2.42. The predicted octanol–water partition coefficient (Wildman–Crippen LogP) is 8.42. The highest BCUT2D eigenvalue weighted by Crippen LogP contribution is 2.47. The Balaban J connectivity index is 1.28. The molecule has 0 radical (unpaired) electrons. The van der Waals surface area contributed by atoms with E-state index in [0.29, 0.717) is 29.0 Å². The van der Waals surface area contributed by atoms with Crippen LogP contribution in [0.25, 0.3) is 11.2 Å². The SMILES string of the molecule is COc1ccc(C(OC[C@H]2C[C@@H](n3cnc4c(NC(=O)c5ccccc5)ncnc43)[C@H](O[Si](C)(C)C(C)(C)C)[C@@H]2O)(c2ccccc2)c2ccc(OC)cc2)cc1. The Bertz CT molecular complexity index is 2230. The number of nitrogens with one attached hydrogen (secondary N) is 1. The van der Waals surface area contributed by atoms with Crippen molar-refractivity contribution in [2.45, 2.75) is 69.2 Å². The zero-order valence-electron chi connectivity index (χ0n) is 33.5. The molecule has 1 aliphatic rings. The molecule has 4 aromatic carbocycles. The molecule has 12 heteroatoms. The van der Waals surface area contributed by atoms with Crippen molar-refractivity contribution in [1.82, 2.24) is 19.5 Å². The summed E-state index contributed by atoms with van der Waals surface area (Å²) in [6, 6.07) is 34.6. The molecule has 0 aliphatic heterocycles. The number of imidazole rings is 1. The van der Waals surface area contributed by atoms with Gasteiger partial charge in [-0.1, -0.05) is 93.6 Å². The van der Waals surface area contributed by atoms with Crippen molar-refractivity contribution < 1.29 is 28.5 Å². The van der Waals surface area contributed by atoms with Gasteiger partial charge in [0.25, 0.3) is 5.91 Å². The number of aromatic nitrogens is 4. The summed E-state index contributed by atoms with van der Waals surface area (Å²) in [5.41, 5.74) is 3.16. The highest BCUT2D eigenvalue weighted by atomic mass is 28.4. The number of nitrogens with zero attached hydrogens (tertiary/aromatic N) is 4. The van der Waals surface area contributed by atoms with E-state index in [9.17, 15) is 9.90 Å². The fourth-order valence-electron chi connectivity index (χ4n) is 7.44. The highest BCUT2D eigenvalue weighted by Gasteiger charge is 2.51. The Hall–Kier alpha value is -5.40. The molecule has 7 rings (SSSR count). The van der Waals surface area contributed by atoms with E-state index in [4.69, 9.17) is 23.6 Å². The first-order valence-electron chi connectivity index (χ1n) is 19.2. The van der Waals surface area contributed by atoms with Crippen LogP contribution in [0.4, 0.5) is 5.82 Å². The van der Waals surface area contributed by atoms with Gasteiger partial charge in [-0.25, -0.2) is 15.0 Å². The Kier molecular flexibility index (Phi) is 11.3. The van der Waals surface area contributed by atoms with Gasteiger partial charge in [0.2, 0.25) is 0 Å². The molecule has 0 saturated heterocycles. The van der Waals surface area contributed by atoms with Crippen molar-refractivity contribution in [2.75, 3.05) is 26.1 Å². The zero-order chi connectivity index (χ0) is 40.4. The van der Waals surface area contributed by atoms with Gasteiger partial charge in [0, 0.05) is 11.5 Å². The van der Waals surface area contributed by atoms with Gasteiger partial charge in [-0.3, -0.25) is 4.79 Å². The number of aliphatic hydroxyl groups is 1. The molecule has 6 aromatic rings. The largest absolute Gasteiger partial charge is 0.497 e. The van der Waals surface area contributed by atoms with Gasteiger partial charge in [-0.15, -0.1) is 0 Å². The number of carbonyl (C=O) groups excluding carboxylic acids is 1. The number of rotatable bonds is 13. The van der Waals surface area contributed by atoms with Gasteiger partial charge in [0.15, 0.2) is 25.3 Å². The van der Waals surface area contributed by atoms with Crippen molar-refractivity contribution >= 4 is 31.2 Å². The Morgan fingerprint density at radius 1 is 0.807 bits per heavy atom. The number of benzene rings is 4. The lowest BCUT2D eigenvalue weighted by Crippen LogP contribution is -2.48. The van der Waals surface area contributed by atoms with Crippen LogP contribution in [0, 0.1) is 5.92 Å². The smallest absolute Gasteiger partial charge is 0.256 e. The summed E-state index contributed by atoms with van der Waals surface area (Å²) >= 11 is 0. The maximum atomic E-state index is 13.2. The maximum Gasteiger partial charge on any atom is 0.256 e. The van der Waals surface area contributed by atoms with Gasteiger partial charge in [0.1, 0.15) is 23.4 Å². The monoisotopic (exact) mass is 785 g/mol. The number of aliphatic hydroxyl groups excluding tert-OH is 1. The summed E-state index contributed by atoms with van der Waals surface area (Å²) in [5, 5.41) is 15.2. The number of hydrogen-bond acceptors (Lipinski definition) is 9. The number of anilines is 1. The number of ether oxygens (including phenoxy) is 3. The van der Waals surface area contributed by atoms with Crippen LogP contribution in [-0.2, 0) is 14.8 Å². The molecule has 2 aromatic heterocycles. The number of amides is 1. The Morgan fingerprint density at radius 2 is 1.37 bits per heavy atom. The topological polar surface area (TPSA) is 130 Å². The second kappa shape index (κ2) is 16.2. The summed E-state index contributed by atoms with van der Waals surface area (Å²) in [7, 11) is 0.882. The van der Waals surface area contributed by atoms with Crippen molar-refractivity contribution in [2.24, 2.45) is 5.92 Å². The second-order valence-corrected chi connectivity index (χ2v) is 20.8. The molecular formula is C45H51N5O6Si. The first kappa shape index (κ1) is 39.8. The summed E-state index contributed by atoms with van der Waals surface area (Å²) < 4.78 is 27.5. The van der Waals surface area contributed by atoms with Crippen LogP contribution in [0.5, 0.6) is 11.5 Å². The number of carbonyl (C=O) groups is 1. The molecule has 0 unspecified atom stereocenters. The molecule has 2 heterocycles. The minimum Gasteiger partial charge on any atom is -0.497 e. The minimum absolute atomic E-state index is 0.120. The third-order valence-corrected chi connectivity index (χ3v) is 16.1. The van der Waals surface area contributed by atoms with E-state index in [1.54, 1.807) is 32.7 Å². The third kappa shape index (κ3) is 7.82. The first-order valence-corrected chi connectivity index (χ1v) is 22.2. The van der Waals surface area contributed by atoms with E-state index in [0.717, 1.165) is 28.2 Å². The predicted molar refractivity (Wildman–Crippen MR) is 223 cm³/mol. The van der Waals surface area contributed by atoms with Crippen LogP contribution in [0.15, 0.2) is 122 Å². The molecule has 11 nitrogen and oxygen atoms in total. The van der Waals surface area contributed by atoms with Crippen LogP contribution < -0.4 is 14.8 Å². The van der Waals surface area contributed by atoms with Gasteiger partial charge in [-0.05, 0) is 77.6 Å². The molecule has 296 valence electrons. The van der Waals surface area contributed by atoms with Crippen molar-refractivity contribution in [3.63, 3.8) is 0 Å². The quantitative estimate of drug-likeness (QED) is 0.0876. The lowest BCUT2D eigenvalue weighted by atomic mass is 9.79. The van der Waals surface area contributed by atoms with Crippen molar-refractivity contribution in [3.05, 3.63) is 144 Å². The summed E-state index contributed by atoms with van der Waals surface area (Å²) in [5.74, 6) is 1.12. The van der Waals surface area contributed by atoms with Gasteiger partial charge < -0.3 is 33.6 Å². The molecule has 1 aliphatic carbocycles. The lowest BCUT2D eigenvalue weighted by molar-refractivity contribution is -0.0470. The number of hydrogen-bond donors (Lipinski definition) is 2. The van der Waals surface area contributed by atoms with Crippen molar-refractivity contribution in [3.8, 4) is 11.5 Å².